The fourth-order valence-electron chi connectivity index (χ4n) is 2.90. The van der Waals surface area contributed by atoms with Crippen LogP contribution in [0.3, 0.4) is 0 Å². The van der Waals surface area contributed by atoms with Gasteiger partial charge in [0, 0.05) is 25.2 Å². The molecule has 100 valence electrons. The number of hydrogen-bond acceptors (Lipinski definition) is 4. The van der Waals surface area contributed by atoms with Crippen LogP contribution in [-0.2, 0) is 23.1 Å². The van der Waals surface area contributed by atoms with Crippen molar-refractivity contribution >= 4 is 0 Å². The first-order chi connectivity index (χ1) is 8.76. The molecule has 2 aliphatic heterocycles. The minimum Gasteiger partial charge on any atom is -0.372 e. The van der Waals surface area contributed by atoms with Crippen molar-refractivity contribution in [3.8, 4) is 0 Å². The van der Waals surface area contributed by atoms with Gasteiger partial charge in [-0.3, -0.25) is 4.68 Å². The average Bonchev–Trinajstić information content (AvgIpc) is 2.96. The molecule has 5 nitrogen and oxygen atoms in total. The maximum atomic E-state index is 6.00. The summed E-state index contributed by atoms with van der Waals surface area (Å²) in [5, 5.41) is 7.52. The average molecular weight is 251 g/mol. The maximum Gasteiger partial charge on any atom is 0.0840 e. The van der Waals surface area contributed by atoms with E-state index in [4.69, 9.17) is 9.47 Å². The summed E-state index contributed by atoms with van der Waals surface area (Å²) in [6.45, 7) is 3.50. The Bertz CT molecular complexity index is 399. The quantitative estimate of drug-likeness (QED) is 0.865. The predicted octanol–water partition coefficient (Wildman–Crippen LogP) is 0.848. The number of nitrogens with one attached hydrogen (secondary N) is 1. The highest BCUT2D eigenvalue weighted by Gasteiger charge is 2.41. The Morgan fingerprint density at radius 3 is 3.11 bits per heavy atom. The molecule has 1 N–H and O–H groups in total. The molecule has 2 fully saturated rings. The molecular weight excluding hydrogens is 230 g/mol. The Balaban J connectivity index is 1.50. The molecule has 1 unspecified atom stereocenters. The third-order valence-electron chi connectivity index (χ3n) is 3.93. The standard InChI is InChI=1S/C13H21N3O2/c1-16-8-11(7-15-16)9-17-12-6-13(18-10-12)2-4-14-5-3-13/h7-8,12,14H,2-6,9-10H2,1H3. The van der Waals surface area contributed by atoms with Gasteiger partial charge in [0.25, 0.3) is 0 Å². The number of aryl methyl sites for hydroxylation is 1. The molecule has 0 bridgehead atoms. The molecular formula is C13H21N3O2. The van der Waals surface area contributed by atoms with Crippen molar-refractivity contribution in [1.82, 2.24) is 15.1 Å². The van der Waals surface area contributed by atoms with Crippen LogP contribution in [-0.4, -0.2) is 41.2 Å². The van der Waals surface area contributed by atoms with Crippen molar-refractivity contribution in [2.45, 2.75) is 37.6 Å². The van der Waals surface area contributed by atoms with Crippen LogP contribution in [0.2, 0.25) is 0 Å². The summed E-state index contributed by atoms with van der Waals surface area (Å²) in [5.41, 5.74) is 1.22. The Hall–Kier alpha value is -0.910. The molecule has 2 saturated heterocycles. The van der Waals surface area contributed by atoms with E-state index in [0.29, 0.717) is 6.61 Å². The Labute approximate surface area is 107 Å². The number of nitrogens with zero attached hydrogens (tertiary/aromatic N) is 2. The summed E-state index contributed by atoms with van der Waals surface area (Å²) in [5.74, 6) is 0. The van der Waals surface area contributed by atoms with Gasteiger partial charge >= 0.3 is 0 Å². The highest BCUT2D eigenvalue weighted by Crippen LogP contribution is 2.35. The van der Waals surface area contributed by atoms with Crippen molar-refractivity contribution in [2.24, 2.45) is 7.05 Å². The van der Waals surface area contributed by atoms with Crippen molar-refractivity contribution in [3.05, 3.63) is 18.0 Å². The molecule has 3 heterocycles. The first-order valence-corrected chi connectivity index (χ1v) is 6.70. The zero-order valence-electron chi connectivity index (χ0n) is 10.9. The molecule has 0 amide bonds. The Kier molecular flexibility index (Phi) is 3.37. The van der Waals surface area contributed by atoms with Crippen molar-refractivity contribution < 1.29 is 9.47 Å². The Morgan fingerprint density at radius 1 is 1.56 bits per heavy atom. The van der Waals surface area contributed by atoms with Crippen LogP contribution in [0.5, 0.6) is 0 Å². The first kappa shape index (κ1) is 12.1. The zero-order chi connectivity index (χ0) is 12.4. The normalized spacial score (nSPS) is 26.8. The van der Waals surface area contributed by atoms with E-state index >= 15 is 0 Å². The van der Waals surface area contributed by atoms with E-state index < -0.39 is 0 Å². The first-order valence-electron chi connectivity index (χ1n) is 6.70. The lowest BCUT2D eigenvalue weighted by molar-refractivity contribution is -0.0240. The third kappa shape index (κ3) is 2.58. The molecule has 1 atom stereocenters. The number of hydrogen-bond donors (Lipinski definition) is 1. The van der Waals surface area contributed by atoms with E-state index in [-0.39, 0.29) is 11.7 Å². The number of piperidine rings is 1. The molecule has 5 heteroatoms. The maximum absolute atomic E-state index is 6.00. The lowest BCUT2D eigenvalue weighted by Gasteiger charge is -2.32. The van der Waals surface area contributed by atoms with E-state index in [1.165, 1.54) is 0 Å². The topological polar surface area (TPSA) is 48.3 Å². The van der Waals surface area contributed by atoms with Crippen molar-refractivity contribution in [1.29, 1.82) is 0 Å². The highest BCUT2D eigenvalue weighted by atomic mass is 16.6. The number of rotatable bonds is 3. The van der Waals surface area contributed by atoms with E-state index in [1.807, 2.05) is 19.4 Å². The summed E-state index contributed by atoms with van der Waals surface area (Å²) >= 11 is 0. The van der Waals surface area contributed by atoms with Crippen LogP contribution in [0.15, 0.2) is 12.4 Å². The summed E-state index contributed by atoms with van der Waals surface area (Å²) in [6.07, 6.45) is 7.35. The van der Waals surface area contributed by atoms with Crippen LogP contribution in [0.1, 0.15) is 24.8 Å². The largest absolute Gasteiger partial charge is 0.372 e. The fourth-order valence-corrected chi connectivity index (χ4v) is 2.90. The second kappa shape index (κ2) is 4.99. The van der Waals surface area contributed by atoms with E-state index in [0.717, 1.165) is 44.5 Å². The zero-order valence-corrected chi connectivity index (χ0v) is 10.9. The minimum absolute atomic E-state index is 0.0881. The van der Waals surface area contributed by atoms with Gasteiger partial charge in [0.15, 0.2) is 0 Å². The highest BCUT2D eigenvalue weighted by molar-refractivity contribution is 5.02. The van der Waals surface area contributed by atoms with Gasteiger partial charge in [0.05, 0.1) is 31.1 Å². The molecule has 0 saturated carbocycles. The molecule has 3 rings (SSSR count). The smallest absolute Gasteiger partial charge is 0.0840 e. The van der Waals surface area contributed by atoms with Gasteiger partial charge in [-0.2, -0.15) is 5.10 Å². The van der Waals surface area contributed by atoms with Crippen molar-refractivity contribution in [2.75, 3.05) is 19.7 Å². The van der Waals surface area contributed by atoms with Crippen LogP contribution in [0.4, 0.5) is 0 Å². The van der Waals surface area contributed by atoms with Gasteiger partial charge in [-0.25, -0.2) is 0 Å². The van der Waals surface area contributed by atoms with E-state index in [9.17, 15) is 0 Å². The van der Waals surface area contributed by atoms with Crippen LogP contribution in [0, 0.1) is 0 Å². The third-order valence-corrected chi connectivity index (χ3v) is 3.93. The fraction of sp³-hybridized carbons (Fsp3) is 0.769. The SMILES string of the molecule is Cn1cc(COC2COC3(CCNCC3)C2)cn1. The van der Waals surface area contributed by atoms with E-state index in [2.05, 4.69) is 10.4 Å². The molecule has 0 aromatic carbocycles. The number of ether oxygens (including phenoxy) is 2. The predicted molar refractivity (Wildman–Crippen MR) is 67.2 cm³/mol. The molecule has 0 aliphatic carbocycles. The summed E-state index contributed by atoms with van der Waals surface area (Å²) in [7, 11) is 1.92. The van der Waals surface area contributed by atoms with Gasteiger partial charge in [0.1, 0.15) is 0 Å². The van der Waals surface area contributed by atoms with Crippen LogP contribution < -0.4 is 5.32 Å². The molecule has 1 aromatic heterocycles. The van der Waals surface area contributed by atoms with E-state index in [1.54, 1.807) is 4.68 Å². The Morgan fingerprint density at radius 2 is 2.39 bits per heavy atom. The van der Waals surface area contributed by atoms with Crippen molar-refractivity contribution in [3.63, 3.8) is 0 Å². The van der Waals surface area contributed by atoms with Gasteiger partial charge in [0.2, 0.25) is 0 Å². The molecule has 18 heavy (non-hydrogen) atoms. The van der Waals surface area contributed by atoms with Crippen LogP contribution >= 0.6 is 0 Å². The summed E-state index contributed by atoms with van der Waals surface area (Å²) in [6, 6.07) is 0. The lowest BCUT2D eigenvalue weighted by Crippen LogP contribution is -2.41. The van der Waals surface area contributed by atoms with Crippen LogP contribution in [0.25, 0.3) is 0 Å². The monoisotopic (exact) mass is 251 g/mol. The molecule has 1 aromatic rings. The minimum atomic E-state index is 0.0881. The van der Waals surface area contributed by atoms with Gasteiger partial charge < -0.3 is 14.8 Å². The number of aromatic nitrogens is 2. The summed E-state index contributed by atoms with van der Waals surface area (Å²) in [4.78, 5) is 0. The second-order valence-corrected chi connectivity index (χ2v) is 5.40. The molecule has 2 aliphatic rings. The van der Waals surface area contributed by atoms with Gasteiger partial charge in [-0.15, -0.1) is 0 Å². The van der Waals surface area contributed by atoms with Gasteiger partial charge in [-0.1, -0.05) is 0 Å². The molecule has 1 spiro atoms. The lowest BCUT2D eigenvalue weighted by atomic mass is 9.89. The molecule has 0 radical (unpaired) electrons. The second-order valence-electron chi connectivity index (χ2n) is 5.40. The summed E-state index contributed by atoms with van der Waals surface area (Å²) < 4.78 is 13.7. The van der Waals surface area contributed by atoms with Gasteiger partial charge in [-0.05, 0) is 25.9 Å².